The van der Waals surface area contributed by atoms with Gasteiger partial charge in [0.05, 0.1) is 10.6 Å². The molecule has 0 aliphatic heterocycles. The van der Waals surface area contributed by atoms with Crippen LogP contribution >= 0.6 is 11.6 Å². The number of hydrogen-bond acceptors (Lipinski definition) is 4. The third-order valence-electron chi connectivity index (χ3n) is 7.99. The number of rotatable bonds is 10. The molecule has 0 unspecified atom stereocenters. The van der Waals surface area contributed by atoms with Crippen LogP contribution in [0.1, 0.15) is 61.3 Å². The van der Waals surface area contributed by atoms with Crippen LogP contribution in [-0.4, -0.2) is 43.8 Å². The van der Waals surface area contributed by atoms with Gasteiger partial charge in [0.1, 0.15) is 12.6 Å². The Morgan fingerprint density at radius 2 is 1.50 bits per heavy atom. The van der Waals surface area contributed by atoms with E-state index in [2.05, 4.69) is 5.32 Å². The molecule has 3 aromatic carbocycles. The Hall–Kier alpha value is -3.36. The number of aryl methyl sites for hydroxylation is 2. The second-order valence-electron chi connectivity index (χ2n) is 11.2. The highest BCUT2D eigenvalue weighted by Gasteiger charge is 2.34. The van der Waals surface area contributed by atoms with E-state index in [1.165, 1.54) is 17.0 Å². The fourth-order valence-electron chi connectivity index (χ4n) is 5.26. The molecule has 0 bridgehead atoms. The lowest BCUT2D eigenvalue weighted by atomic mass is 9.95. The van der Waals surface area contributed by atoms with E-state index < -0.39 is 28.5 Å². The van der Waals surface area contributed by atoms with Crippen LogP contribution < -0.4 is 9.62 Å². The number of halogens is 1. The normalized spacial score (nSPS) is 14.7. The van der Waals surface area contributed by atoms with E-state index >= 15 is 0 Å². The molecule has 1 atom stereocenters. The van der Waals surface area contributed by atoms with Gasteiger partial charge in [0.25, 0.3) is 10.0 Å². The predicted molar refractivity (Wildman–Crippen MR) is 168 cm³/mol. The molecule has 1 aliphatic carbocycles. The standard InChI is InChI=1S/C33H40ClN3O4S/c1-23-13-17-27(18-14-23)21-36(26(4)33(39)35-28-9-6-5-7-10-28)32(38)22-37(31-12-8-11-30(34)25(31)3)42(40,41)29-19-15-24(2)16-20-29/h8,11-20,26,28H,5-7,9-10,21-22H2,1-4H3,(H,35,39)/t26-/m0/s1. The molecule has 1 aliphatic rings. The van der Waals surface area contributed by atoms with Crippen LogP contribution in [-0.2, 0) is 26.2 Å². The van der Waals surface area contributed by atoms with E-state index in [0.717, 1.165) is 53.1 Å². The van der Waals surface area contributed by atoms with E-state index in [1.54, 1.807) is 44.2 Å². The van der Waals surface area contributed by atoms with E-state index in [4.69, 9.17) is 11.6 Å². The van der Waals surface area contributed by atoms with Gasteiger partial charge in [-0.25, -0.2) is 8.42 Å². The number of sulfonamides is 1. The Morgan fingerprint density at radius 3 is 2.12 bits per heavy atom. The summed E-state index contributed by atoms with van der Waals surface area (Å²) in [6, 6.07) is 18.5. The van der Waals surface area contributed by atoms with Gasteiger partial charge in [-0.05, 0) is 75.9 Å². The first-order chi connectivity index (χ1) is 20.0. The molecule has 1 fully saturated rings. The first-order valence-electron chi connectivity index (χ1n) is 14.5. The third kappa shape index (κ3) is 7.53. The lowest BCUT2D eigenvalue weighted by Gasteiger charge is -2.33. The van der Waals surface area contributed by atoms with Crippen LogP contribution in [0.5, 0.6) is 0 Å². The van der Waals surface area contributed by atoms with Gasteiger partial charge in [-0.2, -0.15) is 0 Å². The van der Waals surface area contributed by atoms with Crippen molar-refractivity contribution < 1.29 is 18.0 Å². The van der Waals surface area contributed by atoms with Crippen molar-refractivity contribution in [1.29, 1.82) is 0 Å². The second-order valence-corrected chi connectivity index (χ2v) is 13.5. The van der Waals surface area contributed by atoms with Crippen LogP contribution in [0.4, 0.5) is 5.69 Å². The number of carbonyl (C=O) groups is 2. The number of anilines is 1. The monoisotopic (exact) mass is 609 g/mol. The highest BCUT2D eigenvalue weighted by Crippen LogP contribution is 2.31. The lowest BCUT2D eigenvalue weighted by Crippen LogP contribution is -2.53. The smallest absolute Gasteiger partial charge is 0.264 e. The van der Waals surface area contributed by atoms with Crippen LogP contribution in [0.3, 0.4) is 0 Å². The fraction of sp³-hybridized carbons (Fsp3) is 0.394. The van der Waals surface area contributed by atoms with Crippen molar-refractivity contribution in [3.8, 4) is 0 Å². The summed E-state index contributed by atoms with van der Waals surface area (Å²) in [6.45, 7) is 6.95. The van der Waals surface area contributed by atoms with E-state index in [-0.39, 0.29) is 23.4 Å². The zero-order valence-corrected chi connectivity index (χ0v) is 26.3. The minimum Gasteiger partial charge on any atom is -0.352 e. The Bertz CT molecular complexity index is 1500. The van der Waals surface area contributed by atoms with Crippen LogP contribution in [0.25, 0.3) is 0 Å². The zero-order valence-electron chi connectivity index (χ0n) is 24.8. The van der Waals surface area contributed by atoms with Gasteiger partial charge in [-0.15, -0.1) is 0 Å². The number of hydrogen-bond donors (Lipinski definition) is 1. The van der Waals surface area contributed by atoms with E-state index in [1.807, 2.05) is 38.1 Å². The lowest BCUT2D eigenvalue weighted by molar-refractivity contribution is -0.139. The third-order valence-corrected chi connectivity index (χ3v) is 10.2. The minimum atomic E-state index is -4.16. The number of nitrogens with one attached hydrogen (secondary N) is 1. The maximum Gasteiger partial charge on any atom is 0.264 e. The zero-order chi connectivity index (χ0) is 30.4. The second kappa shape index (κ2) is 13.7. The number of benzene rings is 3. The van der Waals surface area contributed by atoms with Crippen LogP contribution in [0, 0.1) is 20.8 Å². The van der Waals surface area contributed by atoms with Crippen molar-refractivity contribution in [2.75, 3.05) is 10.8 Å². The van der Waals surface area contributed by atoms with Gasteiger partial charge in [0, 0.05) is 17.6 Å². The van der Waals surface area contributed by atoms with Crippen molar-refractivity contribution in [2.45, 2.75) is 83.3 Å². The molecule has 0 spiro atoms. The molecule has 224 valence electrons. The first kappa shape index (κ1) is 31.6. The molecule has 9 heteroatoms. The SMILES string of the molecule is Cc1ccc(CN(C(=O)CN(c2cccc(Cl)c2C)S(=O)(=O)c2ccc(C)cc2)[C@@H](C)C(=O)NC2CCCCC2)cc1. The summed E-state index contributed by atoms with van der Waals surface area (Å²) in [5.41, 5.74) is 3.68. The Kier molecular flexibility index (Phi) is 10.3. The van der Waals surface area contributed by atoms with Crippen molar-refractivity contribution in [2.24, 2.45) is 0 Å². The fourth-order valence-corrected chi connectivity index (χ4v) is 6.90. The quantitative estimate of drug-likeness (QED) is 0.291. The number of amides is 2. The summed E-state index contributed by atoms with van der Waals surface area (Å²) in [4.78, 5) is 29.2. The molecule has 0 radical (unpaired) electrons. The highest BCUT2D eigenvalue weighted by molar-refractivity contribution is 7.92. The first-order valence-corrected chi connectivity index (χ1v) is 16.3. The minimum absolute atomic E-state index is 0.0634. The Labute approximate surface area is 254 Å². The molecule has 7 nitrogen and oxygen atoms in total. The molecule has 0 saturated heterocycles. The molecule has 3 aromatic rings. The number of carbonyl (C=O) groups excluding carboxylic acids is 2. The summed E-state index contributed by atoms with van der Waals surface area (Å²) >= 11 is 6.41. The van der Waals surface area contributed by atoms with Crippen molar-refractivity contribution >= 4 is 39.1 Å². The molecule has 4 rings (SSSR count). The molecule has 0 heterocycles. The van der Waals surface area contributed by atoms with Gasteiger partial charge >= 0.3 is 0 Å². The molecule has 2 amide bonds. The summed E-state index contributed by atoms with van der Waals surface area (Å²) in [6.07, 6.45) is 5.13. The number of nitrogens with zero attached hydrogens (tertiary/aromatic N) is 2. The van der Waals surface area contributed by atoms with Gasteiger partial charge in [-0.3, -0.25) is 13.9 Å². The molecule has 42 heavy (non-hydrogen) atoms. The average molecular weight is 610 g/mol. The molecular weight excluding hydrogens is 570 g/mol. The van der Waals surface area contributed by atoms with E-state index in [9.17, 15) is 18.0 Å². The van der Waals surface area contributed by atoms with Crippen molar-refractivity contribution in [3.63, 3.8) is 0 Å². The topological polar surface area (TPSA) is 86.8 Å². The molecule has 0 aromatic heterocycles. The van der Waals surface area contributed by atoms with Crippen LogP contribution in [0.2, 0.25) is 5.02 Å². The average Bonchev–Trinajstić information content (AvgIpc) is 2.97. The predicted octanol–water partition coefficient (Wildman–Crippen LogP) is 6.33. The summed E-state index contributed by atoms with van der Waals surface area (Å²) < 4.78 is 29.2. The maximum atomic E-state index is 14.2. The summed E-state index contributed by atoms with van der Waals surface area (Å²) in [7, 11) is -4.16. The van der Waals surface area contributed by atoms with Gasteiger partial charge in [0.2, 0.25) is 11.8 Å². The van der Waals surface area contributed by atoms with Gasteiger partial charge < -0.3 is 10.2 Å². The molecular formula is C33H40ClN3O4S. The van der Waals surface area contributed by atoms with Crippen molar-refractivity contribution in [1.82, 2.24) is 10.2 Å². The summed E-state index contributed by atoms with van der Waals surface area (Å²) in [5.74, 6) is -0.730. The van der Waals surface area contributed by atoms with Crippen LogP contribution in [0.15, 0.2) is 71.6 Å². The maximum absolute atomic E-state index is 14.2. The summed E-state index contributed by atoms with van der Waals surface area (Å²) in [5, 5.41) is 3.52. The van der Waals surface area contributed by atoms with Gasteiger partial charge in [0.15, 0.2) is 0 Å². The molecule has 1 saturated carbocycles. The Morgan fingerprint density at radius 1 is 0.905 bits per heavy atom. The molecule has 1 N–H and O–H groups in total. The van der Waals surface area contributed by atoms with E-state index in [0.29, 0.717) is 16.3 Å². The Balaban J connectivity index is 1.70. The highest BCUT2D eigenvalue weighted by atomic mass is 35.5. The van der Waals surface area contributed by atoms with Gasteiger partial charge in [-0.1, -0.05) is 84.5 Å². The largest absolute Gasteiger partial charge is 0.352 e. The van der Waals surface area contributed by atoms with Crippen molar-refractivity contribution in [3.05, 3.63) is 94.0 Å².